The Balaban J connectivity index is 0.00000288. The van der Waals surface area contributed by atoms with Gasteiger partial charge < -0.3 is 20.7 Å². The summed E-state index contributed by atoms with van der Waals surface area (Å²) >= 11 is 0. The van der Waals surface area contributed by atoms with Gasteiger partial charge in [-0.05, 0) is 37.5 Å². The van der Waals surface area contributed by atoms with Gasteiger partial charge in [0.25, 0.3) is 0 Å². The first-order valence-electron chi connectivity index (χ1n) is 7.81. The van der Waals surface area contributed by atoms with Gasteiger partial charge in [0.15, 0.2) is 5.96 Å². The predicted molar refractivity (Wildman–Crippen MR) is 102 cm³/mol. The van der Waals surface area contributed by atoms with Crippen molar-refractivity contribution in [1.29, 1.82) is 0 Å². The highest BCUT2D eigenvalue weighted by molar-refractivity contribution is 14.0. The minimum atomic E-state index is -0.266. The van der Waals surface area contributed by atoms with E-state index in [1.165, 1.54) is 12.1 Å². The van der Waals surface area contributed by atoms with Crippen LogP contribution in [0, 0.1) is 5.82 Å². The third-order valence-corrected chi connectivity index (χ3v) is 3.72. The predicted octanol–water partition coefficient (Wildman–Crippen LogP) is 2.47. The number of ether oxygens (including phenoxy) is 1. The molecule has 0 radical (unpaired) electrons. The third kappa shape index (κ3) is 6.50. The largest absolute Gasteiger partial charge is 0.450 e. The van der Waals surface area contributed by atoms with Crippen LogP contribution in [0.15, 0.2) is 29.3 Å². The Hall–Kier alpha value is -1.58. The molecule has 0 aliphatic carbocycles. The van der Waals surface area contributed by atoms with Crippen LogP contribution in [-0.2, 0) is 11.3 Å². The fourth-order valence-corrected chi connectivity index (χ4v) is 2.44. The molecule has 0 atom stereocenters. The molecule has 0 bridgehead atoms. The molecule has 6 nitrogen and oxygen atoms in total. The van der Waals surface area contributed by atoms with Crippen LogP contribution in [0.3, 0.4) is 0 Å². The van der Waals surface area contributed by atoms with Crippen LogP contribution >= 0.6 is 24.0 Å². The number of likely N-dealkylation sites (tertiary alicyclic amines) is 1. The Morgan fingerprint density at radius 1 is 1.38 bits per heavy atom. The molecule has 1 heterocycles. The fourth-order valence-electron chi connectivity index (χ4n) is 2.44. The summed E-state index contributed by atoms with van der Waals surface area (Å²) < 4.78 is 17.8. The quantitative estimate of drug-likeness (QED) is 0.420. The number of halogens is 2. The van der Waals surface area contributed by atoms with E-state index in [9.17, 15) is 9.18 Å². The molecule has 0 aromatic heterocycles. The average Bonchev–Trinajstić information content (AvgIpc) is 2.55. The second-order valence-corrected chi connectivity index (χ2v) is 5.43. The Morgan fingerprint density at radius 2 is 2.00 bits per heavy atom. The van der Waals surface area contributed by atoms with Gasteiger partial charge in [-0.1, -0.05) is 12.1 Å². The number of carbonyl (C=O) groups is 1. The third-order valence-electron chi connectivity index (χ3n) is 3.72. The maximum atomic E-state index is 12.8. The van der Waals surface area contributed by atoms with Gasteiger partial charge in [0, 0.05) is 19.1 Å². The summed E-state index contributed by atoms with van der Waals surface area (Å²) in [5.74, 6) is 0.0982. The molecule has 0 spiro atoms. The van der Waals surface area contributed by atoms with Crippen LogP contribution in [0.25, 0.3) is 0 Å². The number of carbonyl (C=O) groups excluding carboxylic acids is 1. The zero-order valence-corrected chi connectivity index (χ0v) is 16.0. The molecule has 0 unspecified atom stereocenters. The molecule has 1 saturated heterocycles. The summed E-state index contributed by atoms with van der Waals surface area (Å²) in [5.41, 5.74) is 6.78. The number of nitrogens with one attached hydrogen (secondary N) is 1. The van der Waals surface area contributed by atoms with Gasteiger partial charge in [0.2, 0.25) is 0 Å². The van der Waals surface area contributed by atoms with Crippen molar-refractivity contribution in [1.82, 2.24) is 10.2 Å². The lowest BCUT2D eigenvalue weighted by Gasteiger charge is -2.31. The zero-order chi connectivity index (χ0) is 16.7. The molecular formula is C16H24FIN4O2. The second-order valence-electron chi connectivity index (χ2n) is 5.43. The Bertz CT molecular complexity index is 546. The molecule has 1 fully saturated rings. The molecular weight excluding hydrogens is 426 g/mol. The molecule has 24 heavy (non-hydrogen) atoms. The van der Waals surface area contributed by atoms with E-state index in [1.54, 1.807) is 24.0 Å². The summed E-state index contributed by atoms with van der Waals surface area (Å²) in [6, 6.07) is 6.37. The van der Waals surface area contributed by atoms with Crippen LogP contribution in [-0.4, -0.2) is 42.7 Å². The Morgan fingerprint density at radius 3 is 2.58 bits per heavy atom. The topological polar surface area (TPSA) is 80.0 Å². The molecule has 8 heteroatoms. The number of benzene rings is 1. The Labute approximate surface area is 158 Å². The van der Waals surface area contributed by atoms with Crippen molar-refractivity contribution < 1.29 is 13.9 Å². The highest BCUT2D eigenvalue weighted by atomic mass is 127. The van der Waals surface area contributed by atoms with Crippen LogP contribution in [0.2, 0.25) is 0 Å². The van der Waals surface area contributed by atoms with Gasteiger partial charge in [-0.25, -0.2) is 14.2 Å². The average molecular weight is 450 g/mol. The molecule has 1 aliphatic rings. The second kappa shape index (κ2) is 10.3. The summed E-state index contributed by atoms with van der Waals surface area (Å²) in [4.78, 5) is 17.6. The SMILES string of the molecule is CCOC(=O)N1CCC(NC(N)=NCc2ccc(F)cc2)CC1.I. The van der Waals surface area contributed by atoms with Crippen LogP contribution in [0.1, 0.15) is 25.3 Å². The van der Waals surface area contributed by atoms with Crippen molar-refractivity contribution in [3.63, 3.8) is 0 Å². The number of rotatable bonds is 4. The zero-order valence-electron chi connectivity index (χ0n) is 13.7. The monoisotopic (exact) mass is 450 g/mol. The summed E-state index contributed by atoms with van der Waals surface area (Å²) in [7, 11) is 0. The summed E-state index contributed by atoms with van der Waals surface area (Å²) in [6.07, 6.45) is 1.33. The molecule has 1 aliphatic heterocycles. The maximum absolute atomic E-state index is 12.8. The normalized spacial score (nSPS) is 15.6. The number of guanidine groups is 1. The number of nitrogens with two attached hydrogens (primary N) is 1. The van der Waals surface area contributed by atoms with Gasteiger partial charge >= 0.3 is 6.09 Å². The number of aliphatic imine (C=N–C) groups is 1. The molecule has 3 N–H and O–H groups in total. The first-order chi connectivity index (χ1) is 11.1. The number of amides is 1. The lowest BCUT2D eigenvalue weighted by molar-refractivity contribution is 0.0963. The van der Waals surface area contributed by atoms with E-state index in [0.29, 0.717) is 32.2 Å². The molecule has 134 valence electrons. The number of hydrogen-bond donors (Lipinski definition) is 2. The van der Waals surface area contributed by atoms with E-state index in [4.69, 9.17) is 10.5 Å². The Kier molecular flexibility index (Phi) is 8.80. The van der Waals surface area contributed by atoms with Crippen molar-refractivity contribution in [3.05, 3.63) is 35.6 Å². The first kappa shape index (κ1) is 20.5. The highest BCUT2D eigenvalue weighted by Crippen LogP contribution is 2.11. The molecule has 2 rings (SSSR count). The van der Waals surface area contributed by atoms with Crippen LogP contribution < -0.4 is 11.1 Å². The van der Waals surface area contributed by atoms with Gasteiger partial charge in [-0.15, -0.1) is 24.0 Å². The van der Waals surface area contributed by atoms with E-state index >= 15 is 0 Å². The van der Waals surface area contributed by atoms with Crippen molar-refractivity contribution >= 4 is 36.0 Å². The van der Waals surface area contributed by atoms with Crippen LogP contribution in [0.4, 0.5) is 9.18 Å². The smallest absolute Gasteiger partial charge is 0.409 e. The van der Waals surface area contributed by atoms with E-state index in [-0.39, 0.29) is 41.9 Å². The van der Waals surface area contributed by atoms with Crippen molar-refractivity contribution in [2.45, 2.75) is 32.4 Å². The van der Waals surface area contributed by atoms with Crippen molar-refractivity contribution in [3.8, 4) is 0 Å². The van der Waals surface area contributed by atoms with E-state index in [0.717, 1.165) is 18.4 Å². The van der Waals surface area contributed by atoms with Gasteiger partial charge in [-0.3, -0.25) is 0 Å². The summed E-state index contributed by atoms with van der Waals surface area (Å²) in [5, 5.41) is 3.17. The first-order valence-corrected chi connectivity index (χ1v) is 7.81. The molecule has 1 aromatic carbocycles. The van der Waals surface area contributed by atoms with Crippen molar-refractivity contribution in [2.24, 2.45) is 10.7 Å². The van der Waals surface area contributed by atoms with Crippen molar-refractivity contribution in [2.75, 3.05) is 19.7 Å². The fraction of sp³-hybridized carbons (Fsp3) is 0.500. The van der Waals surface area contributed by atoms with Gasteiger partial charge in [-0.2, -0.15) is 0 Å². The van der Waals surface area contributed by atoms with Crippen LogP contribution in [0.5, 0.6) is 0 Å². The highest BCUT2D eigenvalue weighted by Gasteiger charge is 2.23. The molecule has 1 aromatic rings. The van der Waals surface area contributed by atoms with Gasteiger partial charge in [0.05, 0.1) is 13.2 Å². The van der Waals surface area contributed by atoms with E-state index < -0.39 is 0 Å². The van der Waals surface area contributed by atoms with Gasteiger partial charge in [0.1, 0.15) is 5.82 Å². The number of nitrogens with zero attached hydrogens (tertiary/aromatic N) is 2. The molecule has 1 amide bonds. The number of hydrogen-bond acceptors (Lipinski definition) is 3. The maximum Gasteiger partial charge on any atom is 0.409 e. The van der Waals surface area contributed by atoms with E-state index in [2.05, 4.69) is 10.3 Å². The lowest BCUT2D eigenvalue weighted by Crippen LogP contribution is -2.48. The number of piperidine rings is 1. The molecule has 0 saturated carbocycles. The lowest BCUT2D eigenvalue weighted by atomic mass is 10.1. The minimum Gasteiger partial charge on any atom is -0.450 e. The standard InChI is InChI=1S/C16H23FN4O2.HI/c1-2-23-16(22)21-9-7-14(8-10-21)20-15(18)19-11-12-3-5-13(17)6-4-12;/h3-6,14H,2,7-11H2,1H3,(H3,18,19,20);1H. The minimum absolute atomic E-state index is 0. The van der Waals surface area contributed by atoms with E-state index in [1.807, 2.05) is 0 Å². The summed E-state index contributed by atoms with van der Waals surface area (Å²) in [6.45, 7) is 3.87.